The summed E-state index contributed by atoms with van der Waals surface area (Å²) in [5, 5.41) is 0. The van der Waals surface area contributed by atoms with Gasteiger partial charge in [0.1, 0.15) is 0 Å². The minimum Gasteiger partial charge on any atom is -0.264 e. The van der Waals surface area contributed by atoms with Crippen molar-refractivity contribution >= 4 is 10.0 Å². The molecule has 1 aliphatic heterocycles. The lowest BCUT2D eigenvalue weighted by atomic mass is 9.91. The Balaban J connectivity index is 1.88. The molecule has 2 heterocycles. The molecule has 0 saturated heterocycles. The molecule has 0 amide bonds. The number of hydrogen-bond donors (Lipinski definition) is 0. The van der Waals surface area contributed by atoms with E-state index in [1.54, 1.807) is 41.0 Å². The van der Waals surface area contributed by atoms with Crippen molar-refractivity contribution in [2.45, 2.75) is 17.4 Å². The number of sulfonamides is 1. The van der Waals surface area contributed by atoms with Crippen molar-refractivity contribution in [3.8, 4) is 0 Å². The Morgan fingerprint density at radius 2 is 1.68 bits per heavy atom. The van der Waals surface area contributed by atoms with Crippen LogP contribution in [-0.4, -0.2) is 24.3 Å². The van der Waals surface area contributed by atoms with Gasteiger partial charge in [-0.2, -0.15) is 4.31 Å². The summed E-state index contributed by atoms with van der Waals surface area (Å²) in [6.45, 7) is 0.452. The van der Waals surface area contributed by atoms with Crippen LogP contribution in [0.1, 0.15) is 22.7 Å². The fourth-order valence-corrected chi connectivity index (χ4v) is 5.03. The van der Waals surface area contributed by atoms with Crippen LogP contribution in [0.3, 0.4) is 0 Å². The van der Waals surface area contributed by atoms with Crippen molar-refractivity contribution < 1.29 is 8.42 Å². The first-order chi connectivity index (χ1) is 12.2. The number of pyridine rings is 1. The van der Waals surface area contributed by atoms with Gasteiger partial charge >= 0.3 is 0 Å². The molecule has 0 fully saturated rings. The van der Waals surface area contributed by atoms with Crippen LogP contribution in [0.4, 0.5) is 0 Å². The summed E-state index contributed by atoms with van der Waals surface area (Å²) in [7, 11) is -3.60. The highest BCUT2D eigenvalue weighted by molar-refractivity contribution is 7.89. The number of hydrogen-bond acceptors (Lipinski definition) is 3. The minimum atomic E-state index is -3.60. The summed E-state index contributed by atoms with van der Waals surface area (Å²) in [5.74, 6) is 0. The summed E-state index contributed by atoms with van der Waals surface area (Å²) in [6.07, 6.45) is 4.16. The highest BCUT2D eigenvalue weighted by Crippen LogP contribution is 2.38. The molecule has 2 aromatic carbocycles. The smallest absolute Gasteiger partial charge is 0.243 e. The van der Waals surface area contributed by atoms with E-state index in [0.717, 1.165) is 11.1 Å². The molecule has 1 aliphatic rings. The Morgan fingerprint density at radius 1 is 0.920 bits per heavy atom. The maximum atomic E-state index is 13.3. The molecule has 25 heavy (non-hydrogen) atoms. The molecule has 4 rings (SSSR count). The first kappa shape index (κ1) is 16.0. The van der Waals surface area contributed by atoms with E-state index in [1.807, 2.05) is 36.4 Å². The number of aromatic nitrogens is 1. The molecule has 0 aliphatic carbocycles. The van der Waals surface area contributed by atoms with Gasteiger partial charge in [0, 0.05) is 18.9 Å². The van der Waals surface area contributed by atoms with E-state index in [1.165, 1.54) is 5.56 Å². The second-order valence-corrected chi connectivity index (χ2v) is 7.96. The average Bonchev–Trinajstić information content (AvgIpc) is 2.68. The molecule has 1 aromatic heterocycles. The van der Waals surface area contributed by atoms with Gasteiger partial charge in [0.25, 0.3) is 0 Å². The van der Waals surface area contributed by atoms with E-state index in [-0.39, 0.29) is 6.04 Å². The molecule has 0 radical (unpaired) electrons. The van der Waals surface area contributed by atoms with E-state index in [4.69, 9.17) is 0 Å². The lowest BCUT2D eigenvalue weighted by Gasteiger charge is -2.36. The second-order valence-electron chi connectivity index (χ2n) is 6.07. The van der Waals surface area contributed by atoms with Crippen molar-refractivity contribution in [2.75, 3.05) is 6.54 Å². The molecule has 126 valence electrons. The first-order valence-electron chi connectivity index (χ1n) is 8.22. The van der Waals surface area contributed by atoms with Crippen molar-refractivity contribution in [1.82, 2.24) is 9.29 Å². The Bertz CT molecular complexity index is 973. The zero-order valence-electron chi connectivity index (χ0n) is 13.6. The molecule has 0 N–H and O–H groups in total. The predicted molar refractivity (Wildman–Crippen MR) is 96.6 cm³/mol. The van der Waals surface area contributed by atoms with Crippen molar-refractivity contribution in [3.05, 3.63) is 95.8 Å². The Morgan fingerprint density at radius 3 is 2.44 bits per heavy atom. The van der Waals surface area contributed by atoms with Crippen molar-refractivity contribution in [2.24, 2.45) is 0 Å². The van der Waals surface area contributed by atoms with Gasteiger partial charge in [-0.1, -0.05) is 48.5 Å². The number of nitrogens with zero attached hydrogens (tertiary/aromatic N) is 2. The van der Waals surface area contributed by atoms with E-state index in [9.17, 15) is 8.42 Å². The monoisotopic (exact) mass is 350 g/mol. The lowest BCUT2D eigenvalue weighted by Crippen LogP contribution is -2.40. The highest BCUT2D eigenvalue weighted by Gasteiger charge is 2.37. The van der Waals surface area contributed by atoms with Gasteiger partial charge in [0.2, 0.25) is 10.0 Å². The van der Waals surface area contributed by atoms with Crippen LogP contribution in [0.25, 0.3) is 0 Å². The van der Waals surface area contributed by atoms with E-state index < -0.39 is 10.0 Å². The number of rotatable bonds is 3. The maximum absolute atomic E-state index is 13.3. The number of fused-ring (bicyclic) bond motifs is 1. The zero-order chi connectivity index (χ0) is 17.3. The second kappa shape index (κ2) is 6.43. The average molecular weight is 350 g/mol. The molecule has 0 bridgehead atoms. The van der Waals surface area contributed by atoms with Crippen LogP contribution in [-0.2, 0) is 16.4 Å². The largest absolute Gasteiger partial charge is 0.264 e. The first-order valence-corrected chi connectivity index (χ1v) is 9.66. The van der Waals surface area contributed by atoms with Gasteiger partial charge in [0.15, 0.2) is 0 Å². The van der Waals surface area contributed by atoms with Crippen LogP contribution >= 0.6 is 0 Å². The van der Waals surface area contributed by atoms with Crippen LogP contribution in [0.15, 0.2) is 84.0 Å². The quantitative estimate of drug-likeness (QED) is 0.727. The topological polar surface area (TPSA) is 50.3 Å². The van der Waals surface area contributed by atoms with Gasteiger partial charge in [-0.3, -0.25) is 4.98 Å². The molecule has 0 saturated carbocycles. The predicted octanol–water partition coefficient (Wildman–Crippen LogP) is 3.42. The molecule has 1 atom stereocenters. The Kier molecular flexibility index (Phi) is 4.11. The zero-order valence-corrected chi connectivity index (χ0v) is 14.4. The highest BCUT2D eigenvalue weighted by atomic mass is 32.2. The fraction of sp³-hybridized carbons (Fsp3) is 0.150. The maximum Gasteiger partial charge on any atom is 0.243 e. The Hall–Kier alpha value is -2.50. The third kappa shape index (κ3) is 2.86. The van der Waals surface area contributed by atoms with E-state index in [2.05, 4.69) is 11.1 Å². The normalized spacial score (nSPS) is 17.8. The minimum absolute atomic E-state index is 0.322. The molecular weight excluding hydrogens is 332 g/mol. The Labute approximate surface area is 147 Å². The molecule has 3 aromatic rings. The van der Waals surface area contributed by atoms with Crippen LogP contribution in [0.2, 0.25) is 0 Å². The fourth-order valence-electron chi connectivity index (χ4n) is 3.41. The SMILES string of the molecule is O=S(=O)(c1ccccc1)N1CCc2ccccc2C1c1cccnc1. The van der Waals surface area contributed by atoms with Crippen molar-refractivity contribution in [3.63, 3.8) is 0 Å². The van der Waals surface area contributed by atoms with Crippen molar-refractivity contribution in [1.29, 1.82) is 0 Å². The molecular formula is C20H18N2O2S. The molecule has 1 unspecified atom stereocenters. The van der Waals surface area contributed by atoms with Crippen LogP contribution < -0.4 is 0 Å². The third-order valence-corrected chi connectivity index (χ3v) is 6.47. The standard InChI is InChI=1S/C20H18N2O2S/c23-25(24,18-9-2-1-3-10-18)22-14-12-16-7-4-5-11-19(16)20(22)17-8-6-13-21-15-17/h1-11,13,15,20H,12,14H2. The summed E-state index contributed by atoms with van der Waals surface area (Å²) < 4.78 is 28.2. The van der Waals surface area contributed by atoms with Gasteiger partial charge < -0.3 is 0 Å². The van der Waals surface area contributed by atoms with E-state index >= 15 is 0 Å². The van der Waals surface area contributed by atoms with Gasteiger partial charge in [-0.25, -0.2) is 8.42 Å². The number of benzene rings is 2. The van der Waals surface area contributed by atoms with Gasteiger partial charge in [-0.05, 0) is 41.3 Å². The third-order valence-electron chi connectivity index (χ3n) is 4.59. The van der Waals surface area contributed by atoms with Gasteiger partial charge in [0.05, 0.1) is 10.9 Å². The molecule has 5 heteroatoms. The van der Waals surface area contributed by atoms with Gasteiger partial charge in [-0.15, -0.1) is 0 Å². The van der Waals surface area contributed by atoms with Crippen LogP contribution in [0.5, 0.6) is 0 Å². The lowest BCUT2D eigenvalue weighted by molar-refractivity contribution is 0.343. The summed E-state index contributed by atoms with van der Waals surface area (Å²) in [5.41, 5.74) is 3.10. The van der Waals surface area contributed by atoms with Crippen LogP contribution in [0, 0.1) is 0 Å². The molecule has 4 nitrogen and oxygen atoms in total. The van der Waals surface area contributed by atoms with E-state index in [0.29, 0.717) is 17.9 Å². The molecule has 0 spiro atoms. The summed E-state index contributed by atoms with van der Waals surface area (Å²) in [6, 6.07) is 20.1. The summed E-state index contributed by atoms with van der Waals surface area (Å²) >= 11 is 0. The summed E-state index contributed by atoms with van der Waals surface area (Å²) in [4.78, 5) is 4.52.